The van der Waals surface area contributed by atoms with Gasteiger partial charge >= 0.3 is 5.97 Å². The summed E-state index contributed by atoms with van der Waals surface area (Å²) in [6.07, 6.45) is 21.1. The van der Waals surface area contributed by atoms with Crippen LogP contribution in [0.2, 0.25) is 0 Å². The summed E-state index contributed by atoms with van der Waals surface area (Å²) in [5, 5.41) is 16.4. The second-order valence-electron chi connectivity index (χ2n) is 7.49. The molecule has 0 heterocycles. The third kappa shape index (κ3) is 26.6. The lowest BCUT2D eigenvalue weighted by molar-refractivity contribution is -0.143. The van der Waals surface area contributed by atoms with Gasteiger partial charge in [-0.05, 0) is 32.1 Å². The molecule has 0 saturated heterocycles. The number of allylic oxidation sites excluding steroid dienone is 2. The van der Waals surface area contributed by atoms with Crippen molar-refractivity contribution in [3.05, 3.63) is 12.2 Å². The van der Waals surface area contributed by atoms with Crippen LogP contribution < -0.4 is 5.73 Å². The fourth-order valence-corrected chi connectivity index (χ4v) is 2.83. The molecule has 172 valence electrons. The van der Waals surface area contributed by atoms with Crippen molar-refractivity contribution in [2.24, 2.45) is 5.73 Å². The van der Waals surface area contributed by atoms with Crippen LogP contribution in [0.5, 0.6) is 0 Å². The maximum absolute atomic E-state index is 11.7. The summed E-state index contributed by atoms with van der Waals surface area (Å²) in [7, 11) is 1.55. The number of aliphatic hydroxyl groups excluding tert-OH is 1. The first-order valence-electron chi connectivity index (χ1n) is 11.4. The van der Waals surface area contributed by atoms with Crippen molar-refractivity contribution in [3.63, 3.8) is 0 Å². The number of carboxylic acids is 1. The van der Waals surface area contributed by atoms with Gasteiger partial charge in [-0.1, -0.05) is 70.4 Å². The number of aliphatic hydroxyl groups is 1. The van der Waals surface area contributed by atoms with E-state index >= 15 is 0 Å². The van der Waals surface area contributed by atoms with Gasteiger partial charge in [0.1, 0.15) is 6.54 Å². The SMILES string of the molecule is CCCCCCCC/C=C\CCCCCCCC(=O)N(C)CC(=O)O.NCCO. The van der Waals surface area contributed by atoms with Crippen LogP contribution in [0.25, 0.3) is 0 Å². The van der Waals surface area contributed by atoms with Gasteiger partial charge in [-0.15, -0.1) is 0 Å². The van der Waals surface area contributed by atoms with Gasteiger partial charge in [-0.3, -0.25) is 9.59 Å². The highest BCUT2D eigenvalue weighted by molar-refractivity contribution is 5.80. The molecule has 0 aliphatic heterocycles. The molecule has 6 heteroatoms. The average molecular weight is 415 g/mol. The number of hydrogen-bond donors (Lipinski definition) is 3. The van der Waals surface area contributed by atoms with Crippen molar-refractivity contribution >= 4 is 11.9 Å². The lowest BCUT2D eigenvalue weighted by atomic mass is 10.1. The number of carboxylic acid groups (broad SMARTS) is 1. The van der Waals surface area contributed by atoms with Crippen molar-refractivity contribution in [3.8, 4) is 0 Å². The third-order valence-electron chi connectivity index (χ3n) is 4.58. The summed E-state index contributed by atoms with van der Waals surface area (Å²) in [5.74, 6) is -1.03. The lowest BCUT2D eigenvalue weighted by Gasteiger charge is -2.14. The Labute approximate surface area is 178 Å². The van der Waals surface area contributed by atoms with Crippen molar-refractivity contribution in [2.75, 3.05) is 26.7 Å². The van der Waals surface area contributed by atoms with Crippen molar-refractivity contribution in [1.82, 2.24) is 4.90 Å². The highest BCUT2D eigenvalue weighted by atomic mass is 16.4. The number of unbranched alkanes of at least 4 members (excludes halogenated alkanes) is 11. The van der Waals surface area contributed by atoms with Crippen LogP contribution in [-0.2, 0) is 9.59 Å². The number of aliphatic carboxylic acids is 1. The third-order valence-corrected chi connectivity index (χ3v) is 4.58. The molecule has 4 N–H and O–H groups in total. The highest BCUT2D eigenvalue weighted by Crippen LogP contribution is 2.10. The summed E-state index contributed by atoms with van der Waals surface area (Å²) in [6.45, 7) is 2.52. The van der Waals surface area contributed by atoms with Crippen LogP contribution in [0.15, 0.2) is 12.2 Å². The Balaban J connectivity index is 0. The van der Waals surface area contributed by atoms with Gasteiger partial charge in [-0.2, -0.15) is 0 Å². The average Bonchev–Trinajstić information content (AvgIpc) is 2.70. The van der Waals surface area contributed by atoms with Gasteiger partial charge in [0.25, 0.3) is 0 Å². The van der Waals surface area contributed by atoms with E-state index < -0.39 is 5.97 Å². The topological polar surface area (TPSA) is 104 Å². The number of hydrogen-bond acceptors (Lipinski definition) is 4. The molecular formula is C23H46N2O4. The summed E-state index contributed by atoms with van der Waals surface area (Å²) in [4.78, 5) is 23.5. The highest BCUT2D eigenvalue weighted by Gasteiger charge is 2.10. The smallest absolute Gasteiger partial charge is 0.323 e. The molecule has 0 aromatic carbocycles. The van der Waals surface area contributed by atoms with E-state index in [1.165, 1.54) is 62.7 Å². The quantitative estimate of drug-likeness (QED) is 0.226. The van der Waals surface area contributed by atoms with Gasteiger partial charge in [0.15, 0.2) is 0 Å². The van der Waals surface area contributed by atoms with Crippen molar-refractivity contribution in [1.29, 1.82) is 0 Å². The molecule has 0 saturated carbocycles. The summed E-state index contributed by atoms with van der Waals surface area (Å²) >= 11 is 0. The normalized spacial score (nSPS) is 10.6. The second-order valence-corrected chi connectivity index (χ2v) is 7.49. The molecule has 0 bridgehead atoms. The second kappa shape index (κ2) is 24.6. The van der Waals surface area contributed by atoms with Crippen LogP contribution in [0.1, 0.15) is 96.8 Å². The fraction of sp³-hybridized carbons (Fsp3) is 0.826. The largest absolute Gasteiger partial charge is 0.480 e. The van der Waals surface area contributed by atoms with E-state index in [4.69, 9.17) is 15.9 Å². The minimum atomic E-state index is -0.958. The van der Waals surface area contributed by atoms with Crippen molar-refractivity contribution in [2.45, 2.75) is 96.8 Å². The van der Waals surface area contributed by atoms with E-state index in [-0.39, 0.29) is 19.1 Å². The van der Waals surface area contributed by atoms with Gasteiger partial charge in [-0.25, -0.2) is 0 Å². The van der Waals surface area contributed by atoms with Crippen molar-refractivity contribution < 1.29 is 19.8 Å². The van der Waals surface area contributed by atoms with E-state index in [9.17, 15) is 9.59 Å². The Morgan fingerprint density at radius 1 is 0.862 bits per heavy atom. The summed E-state index contributed by atoms with van der Waals surface area (Å²) < 4.78 is 0. The Morgan fingerprint density at radius 2 is 1.31 bits per heavy atom. The molecule has 0 rings (SSSR count). The van der Waals surface area contributed by atoms with E-state index in [0.717, 1.165) is 25.7 Å². The first-order valence-corrected chi connectivity index (χ1v) is 11.4. The van der Waals surface area contributed by atoms with Gasteiger partial charge < -0.3 is 20.8 Å². The molecule has 0 aliphatic rings. The molecule has 0 aliphatic carbocycles. The zero-order valence-corrected chi connectivity index (χ0v) is 18.9. The Kier molecular flexibility index (Phi) is 25.3. The molecule has 0 aromatic rings. The molecule has 29 heavy (non-hydrogen) atoms. The van der Waals surface area contributed by atoms with Gasteiger partial charge in [0, 0.05) is 20.0 Å². The predicted molar refractivity (Wildman–Crippen MR) is 121 cm³/mol. The Bertz CT molecular complexity index is 398. The number of carbonyl (C=O) groups is 2. The maximum Gasteiger partial charge on any atom is 0.323 e. The number of amides is 1. The summed E-state index contributed by atoms with van der Waals surface area (Å²) in [6, 6.07) is 0. The number of nitrogens with two attached hydrogens (primary N) is 1. The molecular weight excluding hydrogens is 368 g/mol. The molecule has 0 spiro atoms. The van der Waals surface area contributed by atoms with Crippen LogP contribution in [0, 0.1) is 0 Å². The number of carbonyl (C=O) groups excluding carboxylic acids is 1. The minimum absolute atomic E-state index is 0.0694. The van der Waals surface area contributed by atoms with E-state index in [1.807, 2.05) is 0 Å². The molecule has 0 unspecified atom stereocenters. The zero-order chi connectivity index (χ0) is 22.2. The van der Waals surface area contributed by atoms with Crippen LogP contribution in [-0.4, -0.2) is 53.7 Å². The van der Waals surface area contributed by atoms with Crippen LogP contribution >= 0.6 is 0 Å². The first-order chi connectivity index (χ1) is 14.0. The predicted octanol–water partition coefficient (Wildman–Crippen LogP) is 4.50. The van der Waals surface area contributed by atoms with E-state index in [0.29, 0.717) is 13.0 Å². The first kappa shape index (κ1) is 29.8. The Hall–Kier alpha value is -1.40. The number of likely N-dealkylation sites (N-methyl/N-ethyl adjacent to an activating group) is 1. The summed E-state index contributed by atoms with van der Waals surface area (Å²) in [5.41, 5.74) is 4.78. The van der Waals surface area contributed by atoms with Gasteiger partial charge in [0.05, 0.1) is 6.61 Å². The Morgan fingerprint density at radius 3 is 1.76 bits per heavy atom. The number of nitrogens with zero attached hydrogens (tertiary/aromatic N) is 1. The maximum atomic E-state index is 11.7. The molecule has 0 radical (unpaired) electrons. The van der Waals surface area contributed by atoms with Crippen LogP contribution in [0.3, 0.4) is 0 Å². The zero-order valence-electron chi connectivity index (χ0n) is 18.9. The monoisotopic (exact) mass is 414 g/mol. The van der Waals surface area contributed by atoms with E-state index in [2.05, 4.69) is 19.1 Å². The van der Waals surface area contributed by atoms with E-state index in [1.54, 1.807) is 7.05 Å². The number of rotatable bonds is 18. The fourth-order valence-electron chi connectivity index (χ4n) is 2.83. The molecule has 1 amide bonds. The lowest BCUT2D eigenvalue weighted by Crippen LogP contribution is -2.31. The minimum Gasteiger partial charge on any atom is -0.480 e. The van der Waals surface area contributed by atoms with Gasteiger partial charge in [0.2, 0.25) is 5.91 Å². The molecule has 0 fully saturated rings. The van der Waals surface area contributed by atoms with Crippen LogP contribution in [0.4, 0.5) is 0 Å². The molecule has 0 atom stereocenters. The standard InChI is InChI=1S/C21H39NO3.C2H7NO/c1-3-4-5-6-7-8-9-10-11-12-13-14-15-16-17-18-20(23)22(2)19-21(24)25;3-1-2-4/h10-11H,3-9,12-19H2,1-2H3,(H,24,25);4H,1-3H2/b11-10-;. The molecule has 6 nitrogen and oxygen atoms in total. The molecule has 0 aromatic heterocycles.